The molecule has 1 unspecified atom stereocenters. The quantitative estimate of drug-likeness (QED) is 0.225. The summed E-state index contributed by atoms with van der Waals surface area (Å²) in [5, 5.41) is 5.99. The van der Waals surface area contributed by atoms with Crippen LogP contribution >= 0.6 is 0 Å². The van der Waals surface area contributed by atoms with Crippen LogP contribution in [0.15, 0.2) is 91.3 Å². The smallest absolute Gasteiger partial charge is 0.228 e. The monoisotopic (exact) mass is 569 g/mol. The molecule has 5 aromatic rings. The van der Waals surface area contributed by atoms with Crippen LogP contribution in [0.3, 0.4) is 0 Å². The van der Waals surface area contributed by atoms with E-state index in [0.29, 0.717) is 33.9 Å². The molecule has 0 aliphatic heterocycles. The number of benzene rings is 3. The van der Waals surface area contributed by atoms with Gasteiger partial charge in [0.1, 0.15) is 11.5 Å². The lowest BCUT2D eigenvalue weighted by molar-refractivity contribution is -0.115. The SMILES string of the molecule is COc1cc(Nc2nc3ccccc3nc2N(c2cccc(NC(=O)Cc3ccncc3)c2)S(=O)[O-])cc(OC)c1. The van der Waals surface area contributed by atoms with E-state index in [1.165, 1.54) is 14.2 Å². The van der Waals surface area contributed by atoms with Crippen molar-refractivity contribution >= 4 is 56.9 Å². The maximum atomic E-state index is 12.7. The molecule has 12 heteroatoms. The van der Waals surface area contributed by atoms with Gasteiger partial charge in [0.25, 0.3) is 0 Å². The van der Waals surface area contributed by atoms with Crippen LogP contribution < -0.4 is 24.4 Å². The molecule has 0 saturated heterocycles. The van der Waals surface area contributed by atoms with E-state index >= 15 is 0 Å². The number of para-hydroxylation sites is 2. The Morgan fingerprint density at radius 1 is 0.878 bits per heavy atom. The summed E-state index contributed by atoms with van der Waals surface area (Å²) >= 11 is -2.81. The van der Waals surface area contributed by atoms with Crippen molar-refractivity contribution in [3.8, 4) is 11.5 Å². The van der Waals surface area contributed by atoms with E-state index in [0.717, 1.165) is 9.87 Å². The highest BCUT2D eigenvalue weighted by Gasteiger charge is 2.21. The zero-order valence-electron chi connectivity index (χ0n) is 22.1. The lowest BCUT2D eigenvalue weighted by Crippen LogP contribution is -2.23. The third-order valence-electron chi connectivity index (χ3n) is 5.99. The van der Waals surface area contributed by atoms with Gasteiger partial charge in [-0.15, -0.1) is 0 Å². The van der Waals surface area contributed by atoms with Crippen molar-refractivity contribution in [2.75, 3.05) is 29.2 Å². The third kappa shape index (κ3) is 6.57. The summed E-state index contributed by atoms with van der Waals surface area (Å²) in [7, 11) is 3.07. The third-order valence-corrected chi connectivity index (χ3v) is 6.67. The van der Waals surface area contributed by atoms with Crippen LogP contribution in [0.25, 0.3) is 11.0 Å². The van der Waals surface area contributed by atoms with Crippen LogP contribution in [0.1, 0.15) is 5.56 Å². The maximum absolute atomic E-state index is 12.7. The van der Waals surface area contributed by atoms with Gasteiger partial charge >= 0.3 is 0 Å². The van der Waals surface area contributed by atoms with E-state index in [1.54, 1.807) is 85.2 Å². The minimum Gasteiger partial charge on any atom is -0.755 e. The molecular weight excluding hydrogens is 544 g/mol. The molecule has 5 rings (SSSR count). The second-order valence-corrected chi connectivity index (χ2v) is 9.55. The van der Waals surface area contributed by atoms with Gasteiger partial charge in [-0.1, -0.05) is 18.2 Å². The minimum absolute atomic E-state index is 0.0269. The number of hydrogen-bond acceptors (Lipinski definition) is 9. The summed E-state index contributed by atoms with van der Waals surface area (Å²) in [6, 6.07) is 22.3. The van der Waals surface area contributed by atoms with Crippen LogP contribution in [-0.2, 0) is 22.5 Å². The normalized spacial score (nSPS) is 11.5. The first-order chi connectivity index (χ1) is 19.9. The highest BCUT2D eigenvalue weighted by molar-refractivity contribution is 7.81. The highest BCUT2D eigenvalue weighted by atomic mass is 32.2. The van der Waals surface area contributed by atoms with E-state index in [9.17, 15) is 13.6 Å². The predicted molar refractivity (Wildman–Crippen MR) is 156 cm³/mol. The molecule has 0 saturated carbocycles. The zero-order chi connectivity index (χ0) is 28.8. The number of amides is 1. The van der Waals surface area contributed by atoms with Gasteiger partial charge in [0, 0.05) is 42.0 Å². The van der Waals surface area contributed by atoms with Gasteiger partial charge in [0.15, 0.2) is 11.6 Å². The first-order valence-electron chi connectivity index (χ1n) is 12.4. The Balaban J connectivity index is 1.53. The Labute approximate surface area is 238 Å². The number of methoxy groups -OCH3 is 2. The standard InChI is InChI=1S/C29H26N6O5S/c1-39-23-16-21(17-24(18-23)40-2)32-28-29(34-26-9-4-3-8-25(26)33-28)35(41(37)38)22-7-5-6-20(15-22)31-27(36)14-19-10-12-30-13-11-19/h3-13,15-18H,14H2,1-2H3,(H,31,36)(H,32,33)(H,37,38)/p-1. The molecule has 2 heterocycles. The minimum atomic E-state index is -2.81. The summed E-state index contributed by atoms with van der Waals surface area (Å²) in [6.45, 7) is 0. The fourth-order valence-corrected chi connectivity index (χ4v) is 4.67. The molecule has 1 atom stereocenters. The maximum Gasteiger partial charge on any atom is 0.228 e. The van der Waals surface area contributed by atoms with Crippen molar-refractivity contribution in [3.05, 3.63) is 96.8 Å². The fraction of sp³-hybridized carbons (Fsp3) is 0.103. The Bertz CT molecular complexity index is 1700. The van der Waals surface area contributed by atoms with E-state index in [-0.39, 0.29) is 29.7 Å². The molecule has 0 aliphatic rings. The zero-order valence-corrected chi connectivity index (χ0v) is 22.9. The van der Waals surface area contributed by atoms with Crippen molar-refractivity contribution in [3.63, 3.8) is 0 Å². The molecule has 0 aliphatic carbocycles. The summed E-state index contributed by atoms with van der Waals surface area (Å²) in [6.07, 6.45) is 3.36. The van der Waals surface area contributed by atoms with Crippen LogP contribution in [0, 0.1) is 0 Å². The number of nitrogens with one attached hydrogen (secondary N) is 2. The van der Waals surface area contributed by atoms with Crippen LogP contribution in [-0.4, -0.2) is 43.8 Å². The molecule has 0 spiro atoms. The largest absolute Gasteiger partial charge is 0.755 e. The molecule has 41 heavy (non-hydrogen) atoms. The molecular formula is C29H25N6O5S-. The Morgan fingerprint density at radius 2 is 1.56 bits per heavy atom. The van der Waals surface area contributed by atoms with Crippen molar-refractivity contribution in [1.29, 1.82) is 0 Å². The van der Waals surface area contributed by atoms with Crippen LogP contribution in [0.5, 0.6) is 11.5 Å². The summed E-state index contributed by atoms with van der Waals surface area (Å²) in [5.74, 6) is 1.00. The van der Waals surface area contributed by atoms with Gasteiger partial charge in [-0.25, -0.2) is 9.97 Å². The van der Waals surface area contributed by atoms with Crippen LogP contribution in [0.2, 0.25) is 0 Å². The van der Waals surface area contributed by atoms with E-state index in [1.807, 2.05) is 6.07 Å². The lowest BCUT2D eigenvalue weighted by Gasteiger charge is -2.27. The van der Waals surface area contributed by atoms with Gasteiger partial charge in [-0.3, -0.25) is 18.3 Å². The number of carbonyl (C=O) groups excluding carboxylic acids is 1. The molecule has 11 nitrogen and oxygen atoms in total. The van der Waals surface area contributed by atoms with Gasteiger partial charge in [-0.05, 0) is 48.0 Å². The molecule has 3 aromatic carbocycles. The second kappa shape index (κ2) is 12.4. The Morgan fingerprint density at radius 3 is 2.22 bits per heavy atom. The molecule has 208 valence electrons. The number of carbonyl (C=O) groups is 1. The van der Waals surface area contributed by atoms with Crippen molar-refractivity contribution in [1.82, 2.24) is 15.0 Å². The molecule has 0 radical (unpaired) electrons. The van der Waals surface area contributed by atoms with Gasteiger partial charge in [0.2, 0.25) is 5.91 Å². The van der Waals surface area contributed by atoms with Crippen molar-refractivity contribution < 1.29 is 23.0 Å². The molecule has 2 aromatic heterocycles. The number of nitrogens with zero attached hydrogens (tertiary/aromatic N) is 4. The van der Waals surface area contributed by atoms with E-state index in [2.05, 4.69) is 25.6 Å². The average Bonchev–Trinajstić information content (AvgIpc) is 2.97. The number of fused-ring (bicyclic) bond motifs is 1. The van der Waals surface area contributed by atoms with Crippen molar-refractivity contribution in [2.24, 2.45) is 0 Å². The van der Waals surface area contributed by atoms with E-state index in [4.69, 9.17) is 9.47 Å². The predicted octanol–water partition coefficient (Wildman–Crippen LogP) is 4.90. The van der Waals surface area contributed by atoms with Gasteiger partial charge < -0.3 is 24.7 Å². The molecule has 0 fully saturated rings. The topological polar surface area (TPSA) is 142 Å². The average molecular weight is 570 g/mol. The first-order valence-corrected chi connectivity index (χ1v) is 13.4. The van der Waals surface area contributed by atoms with E-state index < -0.39 is 11.3 Å². The Kier molecular flexibility index (Phi) is 8.32. The first kappa shape index (κ1) is 27.5. The number of aromatic nitrogens is 3. The number of pyridine rings is 1. The number of ether oxygens (including phenoxy) is 2. The fourth-order valence-electron chi connectivity index (χ4n) is 4.11. The molecule has 1 amide bonds. The summed E-state index contributed by atoms with van der Waals surface area (Å²) in [5.41, 5.74) is 3.05. The lowest BCUT2D eigenvalue weighted by atomic mass is 10.2. The molecule has 0 bridgehead atoms. The van der Waals surface area contributed by atoms with Gasteiger partial charge in [-0.2, -0.15) is 0 Å². The highest BCUT2D eigenvalue weighted by Crippen LogP contribution is 2.36. The number of hydrogen-bond donors (Lipinski definition) is 2. The Hall–Kier alpha value is -5.07. The van der Waals surface area contributed by atoms with Crippen LogP contribution in [0.4, 0.5) is 28.7 Å². The van der Waals surface area contributed by atoms with Gasteiger partial charge in [0.05, 0.1) is 48.6 Å². The summed E-state index contributed by atoms with van der Waals surface area (Å²) in [4.78, 5) is 25.9. The number of anilines is 5. The second-order valence-electron chi connectivity index (χ2n) is 8.75. The number of rotatable bonds is 10. The molecule has 2 N–H and O–H groups in total. The van der Waals surface area contributed by atoms with Crippen molar-refractivity contribution in [2.45, 2.75) is 6.42 Å². The summed E-state index contributed by atoms with van der Waals surface area (Å²) < 4.78 is 37.2.